The number of rotatable bonds is 3. The minimum Gasteiger partial charge on any atom is -0.332 e. The number of amides is 2. The second-order valence-corrected chi connectivity index (χ2v) is 9.07. The molecule has 0 atom stereocenters. The SMILES string of the molecule is CC1(C)CC(CC(=O)N2CCN(c3ccccc3)C(=O)C2)CC(C)(C)N1. The summed E-state index contributed by atoms with van der Waals surface area (Å²) < 4.78 is 0. The molecule has 1 aromatic rings. The summed E-state index contributed by atoms with van der Waals surface area (Å²) in [5.74, 6) is 0.474. The average molecular weight is 357 g/mol. The van der Waals surface area contributed by atoms with Crippen molar-refractivity contribution in [2.75, 3.05) is 24.5 Å². The zero-order chi connectivity index (χ0) is 18.9. The molecular weight excluding hydrogens is 326 g/mol. The molecule has 26 heavy (non-hydrogen) atoms. The quantitative estimate of drug-likeness (QED) is 0.905. The lowest BCUT2D eigenvalue weighted by molar-refractivity contribution is -0.138. The Hall–Kier alpha value is -1.88. The highest BCUT2D eigenvalue weighted by Gasteiger charge is 2.39. The van der Waals surface area contributed by atoms with Gasteiger partial charge in [-0.2, -0.15) is 0 Å². The van der Waals surface area contributed by atoms with Crippen molar-refractivity contribution < 1.29 is 9.59 Å². The molecule has 1 N–H and O–H groups in total. The third kappa shape index (κ3) is 4.44. The number of para-hydroxylation sites is 1. The molecule has 0 unspecified atom stereocenters. The highest BCUT2D eigenvalue weighted by atomic mass is 16.2. The molecule has 0 saturated carbocycles. The number of piperidine rings is 1. The van der Waals surface area contributed by atoms with E-state index in [1.165, 1.54) is 0 Å². The molecule has 1 aromatic carbocycles. The van der Waals surface area contributed by atoms with Crippen molar-refractivity contribution in [3.63, 3.8) is 0 Å². The highest BCUT2D eigenvalue weighted by Crippen LogP contribution is 2.35. The van der Waals surface area contributed by atoms with Gasteiger partial charge < -0.3 is 15.1 Å². The van der Waals surface area contributed by atoms with Gasteiger partial charge in [0.05, 0.1) is 0 Å². The van der Waals surface area contributed by atoms with Crippen molar-refractivity contribution in [3.05, 3.63) is 30.3 Å². The number of piperazine rings is 1. The summed E-state index contributed by atoms with van der Waals surface area (Å²) in [5, 5.41) is 3.66. The Bertz CT molecular complexity index is 653. The molecule has 2 aliphatic rings. The Labute approximate surface area is 156 Å². The van der Waals surface area contributed by atoms with Gasteiger partial charge in [0, 0.05) is 36.3 Å². The summed E-state index contributed by atoms with van der Waals surface area (Å²) in [6.07, 6.45) is 2.51. The average Bonchev–Trinajstić information content (AvgIpc) is 2.52. The molecule has 142 valence electrons. The van der Waals surface area contributed by atoms with E-state index in [2.05, 4.69) is 33.0 Å². The van der Waals surface area contributed by atoms with Gasteiger partial charge in [-0.05, 0) is 58.6 Å². The van der Waals surface area contributed by atoms with Crippen molar-refractivity contribution in [2.24, 2.45) is 5.92 Å². The fourth-order valence-electron chi connectivity index (χ4n) is 4.82. The second-order valence-electron chi connectivity index (χ2n) is 9.07. The van der Waals surface area contributed by atoms with Gasteiger partial charge >= 0.3 is 0 Å². The predicted octanol–water partition coefficient (Wildman–Crippen LogP) is 2.81. The van der Waals surface area contributed by atoms with E-state index >= 15 is 0 Å². The number of nitrogens with zero attached hydrogens (tertiary/aromatic N) is 2. The largest absolute Gasteiger partial charge is 0.332 e. The first-order valence-corrected chi connectivity index (χ1v) is 9.58. The van der Waals surface area contributed by atoms with Gasteiger partial charge in [-0.3, -0.25) is 9.59 Å². The van der Waals surface area contributed by atoms with Gasteiger partial charge in [0.15, 0.2) is 0 Å². The Morgan fingerprint density at radius 2 is 1.69 bits per heavy atom. The molecule has 5 nitrogen and oxygen atoms in total. The van der Waals surface area contributed by atoms with E-state index in [1.807, 2.05) is 30.3 Å². The number of anilines is 1. The zero-order valence-electron chi connectivity index (χ0n) is 16.4. The van der Waals surface area contributed by atoms with Gasteiger partial charge in [0.1, 0.15) is 6.54 Å². The molecule has 2 fully saturated rings. The molecule has 0 aromatic heterocycles. The number of benzene rings is 1. The second kappa shape index (κ2) is 7.03. The van der Waals surface area contributed by atoms with E-state index in [1.54, 1.807) is 9.80 Å². The van der Waals surface area contributed by atoms with Crippen molar-refractivity contribution in [1.82, 2.24) is 10.2 Å². The van der Waals surface area contributed by atoms with Crippen molar-refractivity contribution in [1.29, 1.82) is 0 Å². The minimum atomic E-state index is 0.00164. The van der Waals surface area contributed by atoms with Gasteiger partial charge in [0.2, 0.25) is 11.8 Å². The molecule has 5 heteroatoms. The molecule has 0 bridgehead atoms. The molecule has 2 amide bonds. The molecule has 3 rings (SSSR count). The monoisotopic (exact) mass is 357 g/mol. The van der Waals surface area contributed by atoms with E-state index in [9.17, 15) is 9.59 Å². The van der Waals surface area contributed by atoms with E-state index < -0.39 is 0 Å². The standard InChI is InChI=1S/C21H31N3O2/c1-20(2)13-16(14-21(3,4)22-20)12-18(25)23-10-11-24(19(26)15-23)17-8-6-5-7-9-17/h5-9,16,22H,10-15H2,1-4H3. The molecule has 2 saturated heterocycles. The summed E-state index contributed by atoms with van der Waals surface area (Å²) in [7, 11) is 0. The van der Waals surface area contributed by atoms with Crippen LogP contribution < -0.4 is 10.2 Å². The van der Waals surface area contributed by atoms with Crippen LogP contribution in [-0.2, 0) is 9.59 Å². The number of carbonyl (C=O) groups excluding carboxylic acids is 2. The number of nitrogens with one attached hydrogen (secondary N) is 1. The van der Waals surface area contributed by atoms with Crippen molar-refractivity contribution in [2.45, 2.75) is 58.0 Å². The maximum Gasteiger partial charge on any atom is 0.246 e. The smallest absolute Gasteiger partial charge is 0.246 e. The van der Waals surface area contributed by atoms with Crippen LogP contribution >= 0.6 is 0 Å². The molecular formula is C21H31N3O2. The van der Waals surface area contributed by atoms with E-state index in [-0.39, 0.29) is 29.4 Å². The van der Waals surface area contributed by atoms with Gasteiger partial charge in [-0.15, -0.1) is 0 Å². The zero-order valence-corrected chi connectivity index (χ0v) is 16.4. The van der Waals surface area contributed by atoms with Crippen LogP contribution in [-0.4, -0.2) is 47.4 Å². The van der Waals surface area contributed by atoms with Crippen molar-refractivity contribution in [3.8, 4) is 0 Å². The van der Waals surface area contributed by atoms with E-state index in [0.717, 1.165) is 18.5 Å². The van der Waals surface area contributed by atoms with Crippen LogP contribution in [0.25, 0.3) is 0 Å². The summed E-state index contributed by atoms with van der Waals surface area (Å²) in [6.45, 7) is 10.2. The molecule has 0 spiro atoms. The van der Waals surface area contributed by atoms with Crippen LogP contribution in [0, 0.1) is 5.92 Å². The van der Waals surface area contributed by atoms with Gasteiger partial charge in [-0.1, -0.05) is 18.2 Å². The van der Waals surface area contributed by atoms with Crippen LogP contribution in [0.2, 0.25) is 0 Å². The molecule has 0 aliphatic carbocycles. The van der Waals surface area contributed by atoms with Gasteiger partial charge in [0.25, 0.3) is 0 Å². The Morgan fingerprint density at radius 3 is 2.27 bits per heavy atom. The maximum absolute atomic E-state index is 12.8. The highest BCUT2D eigenvalue weighted by molar-refractivity contribution is 5.97. The lowest BCUT2D eigenvalue weighted by Crippen LogP contribution is -2.58. The number of hydrogen-bond donors (Lipinski definition) is 1. The molecule has 2 heterocycles. The fraction of sp³-hybridized carbons (Fsp3) is 0.619. The summed E-state index contributed by atoms with van der Waals surface area (Å²) in [4.78, 5) is 28.9. The molecule has 2 aliphatic heterocycles. The van der Waals surface area contributed by atoms with E-state index in [0.29, 0.717) is 25.4 Å². The first kappa shape index (κ1) is 18.9. The summed E-state index contributed by atoms with van der Waals surface area (Å²) in [5.41, 5.74) is 0.981. The minimum absolute atomic E-state index is 0.00164. The maximum atomic E-state index is 12.8. The Kier molecular flexibility index (Phi) is 5.11. The topological polar surface area (TPSA) is 52.7 Å². The summed E-state index contributed by atoms with van der Waals surface area (Å²) in [6, 6.07) is 9.68. The molecule has 0 radical (unpaired) electrons. The van der Waals surface area contributed by atoms with Crippen LogP contribution in [0.3, 0.4) is 0 Å². The summed E-state index contributed by atoms with van der Waals surface area (Å²) >= 11 is 0. The predicted molar refractivity (Wildman–Crippen MR) is 104 cm³/mol. The van der Waals surface area contributed by atoms with Crippen molar-refractivity contribution >= 4 is 17.5 Å². The Morgan fingerprint density at radius 1 is 1.08 bits per heavy atom. The third-order valence-corrected chi connectivity index (χ3v) is 5.38. The first-order valence-electron chi connectivity index (χ1n) is 9.58. The van der Waals surface area contributed by atoms with Crippen LogP contribution in [0.5, 0.6) is 0 Å². The number of hydrogen-bond acceptors (Lipinski definition) is 3. The first-order chi connectivity index (χ1) is 12.2. The van der Waals surface area contributed by atoms with Crippen LogP contribution in [0.1, 0.15) is 47.0 Å². The lowest BCUT2D eigenvalue weighted by Gasteiger charge is -2.47. The van der Waals surface area contributed by atoms with Gasteiger partial charge in [-0.25, -0.2) is 0 Å². The third-order valence-electron chi connectivity index (χ3n) is 5.38. The normalized spacial score (nSPS) is 23.2. The van der Waals surface area contributed by atoms with Crippen LogP contribution in [0.15, 0.2) is 30.3 Å². The Balaban J connectivity index is 1.59. The van der Waals surface area contributed by atoms with E-state index in [4.69, 9.17) is 0 Å². The lowest BCUT2D eigenvalue weighted by atomic mass is 9.74. The fourth-order valence-corrected chi connectivity index (χ4v) is 4.82. The van der Waals surface area contributed by atoms with Crippen LogP contribution in [0.4, 0.5) is 5.69 Å². The number of carbonyl (C=O) groups is 2.